The molecule has 0 fully saturated rings. The maximum atomic E-state index is 12.6. The average Bonchev–Trinajstić information content (AvgIpc) is 3.35. The number of guanidine groups is 1. The Hall–Kier alpha value is -2.15. The maximum absolute atomic E-state index is 12.6. The predicted molar refractivity (Wildman–Crippen MR) is 123 cm³/mol. The average molecular weight is 550 g/mol. The van der Waals surface area contributed by atoms with Gasteiger partial charge in [-0.25, -0.2) is 9.97 Å². The van der Waals surface area contributed by atoms with Gasteiger partial charge in [0.2, 0.25) is 0 Å². The van der Waals surface area contributed by atoms with Crippen molar-refractivity contribution in [3.05, 3.63) is 58.4 Å². The van der Waals surface area contributed by atoms with Gasteiger partial charge < -0.3 is 15.2 Å². The second-order valence-electron chi connectivity index (χ2n) is 6.31. The summed E-state index contributed by atoms with van der Waals surface area (Å²) in [6, 6.07) is 9.90. The van der Waals surface area contributed by atoms with Crippen LogP contribution < -0.4 is 5.32 Å². The van der Waals surface area contributed by atoms with E-state index in [4.69, 9.17) is 0 Å². The number of aromatic amines is 1. The number of aromatic nitrogens is 3. The molecular formula is C19H22F3IN6S. The van der Waals surface area contributed by atoms with Crippen LogP contribution in [0, 0.1) is 0 Å². The van der Waals surface area contributed by atoms with E-state index >= 15 is 0 Å². The molecule has 0 aliphatic carbocycles. The van der Waals surface area contributed by atoms with E-state index in [0.717, 1.165) is 33.8 Å². The van der Waals surface area contributed by atoms with E-state index in [1.807, 2.05) is 42.3 Å². The molecule has 0 atom stereocenters. The highest BCUT2D eigenvalue weighted by Crippen LogP contribution is 2.30. The third-order valence-corrected chi connectivity index (χ3v) is 5.05. The van der Waals surface area contributed by atoms with Gasteiger partial charge in [0.15, 0.2) is 11.7 Å². The van der Waals surface area contributed by atoms with E-state index in [1.54, 1.807) is 13.2 Å². The molecule has 0 bridgehead atoms. The number of rotatable bonds is 6. The molecule has 0 aliphatic heterocycles. The molecule has 0 saturated carbocycles. The molecule has 3 rings (SSSR count). The lowest BCUT2D eigenvalue weighted by atomic mass is 10.2. The lowest BCUT2D eigenvalue weighted by molar-refractivity contribution is -0.140. The smallest absolute Gasteiger partial charge is 0.356 e. The molecule has 30 heavy (non-hydrogen) atoms. The van der Waals surface area contributed by atoms with Crippen LogP contribution in [0.2, 0.25) is 0 Å². The van der Waals surface area contributed by atoms with Crippen molar-refractivity contribution in [3.63, 3.8) is 0 Å². The standard InChI is InChI=1S/C19H21F3N6S.HI/c1-23-18(24-9-8-17-27-15(12-29-17)19(20,21)22)28(2)11-16-25-10-14(26-16)13-6-4-3-5-7-13;/h3-7,10,12H,8-9,11H2,1-2H3,(H,23,24)(H,25,26);1H. The number of benzene rings is 1. The first-order valence-electron chi connectivity index (χ1n) is 8.89. The lowest BCUT2D eigenvalue weighted by Crippen LogP contribution is -2.39. The molecule has 3 aromatic rings. The number of aliphatic imine (C=N–C) groups is 1. The largest absolute Gasteiger partial charge is 0.434 e. The zero-order valence-electron chi connectivity index (χ0n) is 16.4. The minimum Gasteiger partial charge on any atom is -0.356 e. The van der Waals surface area contributed by atoms with E-state index < -0.39 is 11.9 Å². The van der Waals surface area contributed by atoms with Crippen LogP contribution in [0.4, 0.5) is 13.2 Å². The van der Waals surface area contributed by atoms with Gasteiger partial charge in [-0.05, 0) is 5.56 Å². The van der Waals surface area contributed by atoms with E-state index in [9.17, 15) is 13.2 Å². The highest BCUT2D eigenvalue weighted by atomic mass is 127. The van der Waals surface area contributed by atoms with Crippen molar-refractivity contribution in [3.8, 4) is 11.3 Å². The molecule has 0 saturated heterocycles. The van der Waals surface area contributed by atoms with Gasteiger partial charge in [0.05, 0.1) is 23.4 Å². The van der Waals surface area contributed by atoms with E-state index in [2.05, 4.69) is 25.3 Å². The SMILES string of the molecule is CN=C(NCCc1nc(C(F)(F)F)cs1)N(C)Cc1ncc(-c2ccccc2)[nH]1.I. The zero-order valence-corrected chi connectivity index (χ0v) is 19.5. The van der Waals surface area contributed by atoms with Crippen LogP contribution in [0.5, 0.6) is 0 Å². The van der Waals surface area contributed by atoms with Crippen LogP contribution in [-0.2, 0) is 19.1 Å². The van der Waals surface area contributed by atoms with Crippen molar-refractivity contribution >= 4 is 41.3 Å². The van der Waals surface area contributed by atoms with Crippen LogP contribution in [0.3, 0.4) is 0 Å². The highest BCUT2D eigenvalue weighted by Gasteiger charge is 2.33. The molecule has 0 unspecified atom stereocenters. The monoisotopic (exact) mass is 550 g/mol. The Labute approximate surface area is 193 Å². The molecule has 0 amide bonds. The summed E-state index contributed by atoms with van der Waals surface area (Å²) in [7, 11) is 3.52. The summed E-state index contributed by atoms with van der Waals surface area (Å²) in [6.45, 7) is 0.928. The molecular weight excluding hydrogens is 528 g/mol. The van der Waals surface area contributed by atoms with Crippen LogP contribution in [-0.4, -0.2) is 46.5 Å². The Morgan fingerprint density at radius 2 is 2.00 bits per heavy atom. The zero-order chi connectivity index (χ0) is 20.9. The summed E-state index contributed by atoms with van der Waals surface area (Å²) in [6.07, 6.45) is -2.23. The van der Waals surface area contributed by atoms with Crippen molar-refractivity contribution < 1.29 is 13.2 Å². The van der Waals surface area contributed by atoms with Crippen molar-refractivity contribution in [2.24, 2.45) is 4.99 Å². The number of imidazole rings is 1. The van der Waals surface area contributed by atoms with Crippen molar-refractivity contribution in [2.75, 3.05) is 20.6 Å². The summed E-state index contributed by atoms with van der Waals surface area (Å²) in [5.74, 6) is 1.40. The summed E-state index contributed by atoms with van der Waals surface area (Å²) in [5, 5.41) is 4.62. The Morgan fingerprint density at radius 1 is 1.27 bits per heavy atom. The van der Waals surface area contributed by atoms with Gasteiger partial charge in [0.1, 0.15) is 5.82 Å². The molecule has 0 aliphatic rings. The fraction of sp³-hybridized carbons (Fsp3) is 0.316. The first kappa shape index (κ1) is 24.1. The fourth-order valence-electron chi connectivity index (χ4n) is 2.73. The normalized spacial score (nSPS) is 11.8. The van der Waals surface area contributed by atoms with Crippen LogP contribution in [0.1, 0.15) is 16.5 Å². The molecule has 1 aromatic carbocycles. The summed E-state index contributed by atoms with van der Waals surface area (Å²) in [4.78, 5) is 17.4. The minimum absolute atomic E-state index is 0. The Kier molecular flexibility index (Phi) is 8.65. The topological polar surface area (TPSA) is 69.2 Å². The van der Waals surface area contributed by atoms with Gasteiger partial charge >= 0.3 is 6.18 Å². The minimum atomic E-state index is -4.40. The quantitative estimate of drug-likeness (QED) is 0.271. The lowest BCUT2D eigenvalue weighted by Gasteiger charge is -2.20. The van der Waals surface area contributed by atoms with Crippen LogP contribution >= 0.6 is 35.3 Å². The second kappa shape index (κ2) is 10.8. The van der Waals surface area contributed by atoms with Gasteiger partial charge in [-0.15, -0.1) is 35.3 Å². The van der Waals surface area contributed by atoms with E-state index in [0.29, 0.717) is 30.5 Å². The van der Waals surface area contributed by atoms with Gasteiger partial charge in [-0.3, -0.25) is 4.99 Å². The number of nitrogens with zero attached hydrogens (tertiary/aromatic N) is 4. The highest BCUT2D eigenvalue weighted by molar-refractivity contribution is 14.0. The van der Waals surface area contributed by atoms with Crippen LogP contribution in [0.15, 0.2) is 46.9 Å². The summed E-state index contributed by atoms with van der Waals surface area (Å²) in [5.41, 5.74) is 1.14. The van der Waals surface area contributed by atoms with E-state index in [1.165, 1.54) is 0 Å². The number of nitrogens with one attached hydrogen (secondary N) is 2. The molecule has 6 nitrogen and oxygen atoms in total. The Balaban J connectivity index is 0.00000320. The molecule has 0 radical (unpaired) electrons. The molecule has 11 heteroatoms. The predicted octanol–water partition coefficient (Wildman–Crippen LogP) is 4.42. The number of halogens is 4. The number of hydrogen-bond acceptors (Lipinski definition) is 4. The molecule has 2 heterocycles. The number of alkyl halides is 3. The van der Waals surface area contributed by atoms with Gasteiger partial charge in [-0.2, -0.15) is 13.2 Å². The Bertz CT molecular complexity index is 955. The molecule has 162 valence electrons. The second-order valence-corrected chi connectivity index (χ2v) is 7.26. The molecule has 0 spiro atoms. The summed E-state index contributed by atoms with van der Waals surface area (Å²) < 4.78 is 37.9. The first-order valence-corrected chi connectivity index (χ1v) is 9.77. The fourth-order valence-corrected chi connectivity index (χ4v) is 3.53. The van der Waals surface area contributed by atoms with Gasteiger partial charge in [-0.1, -0.05) is 30.3 Å². The first-order chi connectivity index (χ1) is 13.9. The van der Waals surface area contributed by atoms with Gasteiger partial charge in [0.25, 0.3) is 0 Å². The third kappa shape index (κ3) is 6.42. The van der Waals surface area contributed by atoms with Crippen molar-refractivity contribution in [2.45, 2.75) is 19.1 Å². The molecule has 2 N–H and O–H groups in total. The van der Waals surface area contributed by atoms with Gasteiger partial charge in [0, 0.05) is 32.4 Å². The van der Waals surface area contributed by atoms with E-state index in [-0.39, 0.29) is 24.0 Å². The summed E-state index contributed by atoms with van der Waals surface area (Å²) >= 11 is 1.01. The number of H-pyrrole nitrogens is 1. The van der Waals surface area contributed by atoms with Crippen molar-refractivity contribution in [1.82, 2.24) is 25.2 Å². The maximum Gasteiger partial charge on any atom is 0.434 e. The molecule has 2 aromatic heterocycles. The Morgan fingerprint density at radius 3 is 2.63 bits per heavy atom. The van der Waals surface area contributed by atoms with Crippen molar-refractivity contribution in [1.29, 1.82) is 0 Å². The number of hydrogen-bond donors (Lipinski definition) is 2. The van der Waals surface area contributed by atoms with Crippen LogP contribution in [0.25, 0.3) is 11.3 Å². The number of thiazole rings is 1. The third-order valence-electron chi connectivity index (χ3n) is 4.14.